The Balaban J connectivity index is 1.77. The molecule has 0 saturated carbocycles. The lowest BCUT2D eigenvalue weighted by Crippen LogP contribution is -2.05. The van der Waals surface area contributed by atoms with Crippen molar-refractivity contribution in [3.05, 3.63) is 75.8 Å². The molecule has 0 bridgehead atoms. The van der Waals surface area contributed by atoms with Gasteiger partial charge in [-0.25, -0.2) is 13.4 Å². The molecule has 0 aliphatic carbocycles. The van der Waals surface area contributed by atoms with Crippen LogP contribution < -0.4 is 0 Å². The number of halogens is 4. The van der Waals surface area contributed by atoms with Crippen LogP contribution in [0.4, 0.5) is 13.2 Å². The molecule has 0 radical (unpaired) electrons. The number of hydrogen-bond acceptors (Lipinski definition) is 5. The van der Waals surface area contributed by atoms with Crippen LogP contribution in [0.2, 0.25) is 5.02 Å². The van der Waals surface area contributed by atoms with Gasteiger partial charge < -0.3 is 0 Å². The predicted molar refractivity (Wildman–Crippen MR) is 110 cm³/mol. The Bertz CT molecular complexity index is 1340. The zero-order valence-corrected chi connectivity index (χ0v) is 17.4. The Morgan fingerprint density at radius 1 is 0.967 bits per heavy atom. The molecular weight excluding hydrogens is 457 g/mol. The van der Waals surface area contributed by atoms with Crippen molar-refractivity contribution in [1.82, 2.24) is 9.97 Å². The van der Waals surface area contributed by atoms with Gasteiger partial charge in [0.05, 0.1) is 16.0 Å². The van der Waals surface area contributed by atoms with Gasteiger partial charge in [0.1, 0.15) is 10.8 Å². The van der Waals surface area contributed by atoms with E-state index in [4.69, 9.17) is 11.6 Å². The second kappa shape index (κ2) is 7.64. The molecule has 0 unspecified atom stereocenters. The molecule has 2 heterocycles. The molecule has 154 valence electrons. The van der Waals surface area contributed by atoms with E-state index < -0.39 is 21.6 Å². The fourth-order valence-corrected chi connectivity index (χ4v) is 5.59. The normalized spacial score (nSPS) is 12.4. The molecule has 0 aliphatic rings. The number of fused-ring (bicyclic) bond motifs is 1. The van der Waals surface area contributed by atoms with Gasteiger partial charge in [-0.05, 0) is 35.9 Å². The maximum absolute atomic E-state index is 12.9. The van der Waals surface area contributed by atoms with Crippen molar-refractivity contribution in [2.45, 2.75) is 16.8 Å². The molecule has 0 spiro atoms. The van der Waals surface area contributed by atoms with Crippen LogP contribution in [0.5, 0.6) is 0 Å². The molecule has 0 saturated heterocycles. The molecule has 30 heavy (non-hydrogen) atoms. The van der Waals surface area contributed by atoms with E-state index in [-0.39, 0.29) is 15.7 Å². The highest BCUT2D eigenvalue weighted by Crippen LogP contribution is 2.38. The van der Waals surface area contributed by atoms with E-state index in [1.54, 1.807) is 17.5 Å². The molecule has 0 atom stereocenters. The maximum atomic E-state index is 12.9. The van der Waals surface area contributed by atoms with Crippen LogP contribution in [-0.2, 0) is 21.8 Å². The monoisotopic (exact) mass is 468 g/mol. The van der Waals surface area contributed by atoms with Crippen LogP contribution in [-0.4, -0.2) is 18.4 Å². The molecule has 2 aromatic heterocycles. The molecule has 0 N–H and O–H groups in total. The fourth-order valence-electron chi connectivity index (χ4n) is 3.04. The zero-order valence-electron chi connectivity index (χ0n) is 15.0. The highest BCUT2D eigenvalue weighted by molar-refractivity contribution is 7.90. The van der Waals surface area contributed by atoms with Crippen LogP contribution in [0.25, 0.3) is 22.0 Å². The first-order valence-electron chi connectivity index (χ1n) is 8.52. The summed E-state index contributed by atoms with van der Waals surface area (Å²) in [6.45, 7) is 0. The van der Waals surface area contributed by atoms with Gasteiger partial charge in [-0.15, -0.1) is 11.3 Å². The minimum Gasteiger partial charge on any atom is -0.256 e. The highest BCUT2D eigenvalue weighted by atomic mass is 35.5. The SMILES string of the molecule is O=S(=O)(Cc1nccs1)c1ccc2c(-c3ccc(C(F)(F)F)cc3Cl)ccnc2c1. The maximum Gasteiger partial charge on any atom is 0.416 e. The highest BCUT2D eigenvalue weighted by Gasteiger charge is 2.31. The molecule has 2 aromatic carbocycles. The van der Waals surface area contributed by atoms with Crippen molar-refractivity contribution in [2.24, 2.45) is 0 Å². The van der Waals surface area contributed by atoms with Gasteiger partial charge in [0.2, 0.25) is 0 Å². The molecule has 4 aromatic rings. The minimum absolute atomic E-state index is 0.0576. The average molecular weight is 469 g/mol. The minimum atomic E-state index is -4.50. The Kier molecular flexibility index (Phi) is 5.29. The van der Waals surface area contributed by atoms with E-state index in [0.717, 1.165) is 12.1 Å². The third-order valence-electron chi connectivity index (χ3n) is 4.46. The molecule has 0 aliphatic heterocycles. The summed E-state index contributed by atoms with van der Waals surface area (Å²) in [4.78, 5) is 8.32. The Labute approximate surface area is 178 Å². The second-order valence-electron chi connectivity index (χ2n) is 6.41. The Hall–Kier alpha value is -2.49. The average Bonchev–Trinajstić information content (AvgIpc) is 3.18. The summed E-state index contributed by atoms with van der Waals surface area (Å²) in [6, 6.07) is 9.23. The van der Waals surface area contributed by atoms with Crippen LogP contribution >= 0.6 is 22.9 Å². The van der Waals surface area contributed by atoms with Crippen LogP contribution in [0.15, 0.2) is 65.1 Å². The van der Waals surface area contributed by atoms with E-state index in [2.05, 4.69) is 9.97 Å². The van der Waals surface area contributed by atoms with Crippen molar-refractivity contribution in [3.63, 3.8) is 0 Å². The van der Waals surface area contributed by atoms with Gasteiger partial charge in [0, 0.05) is 33.7 Å². The van der Waals surface area contributed by atoms with Crippen molar-refractivity contribution >= 4 is 43.7 Å². The van der Waals surface area contributed by atoms with E-state index >= 15 is 0 Å². The van der Waals surface area contributed by atoms with Crippen molar-refractivity contribution < 1.29 is 21.6 Å². The number of pyridine rings is 1. The summed E-state index contributed by atoms with van der Waals surface area (Å²) >= 11 is 7.38. The zero-order chi connectivity index (χ0) is 21.5. The molecule has 4 nitrogen and oxygen atoms in total. The van der Waals surface area contributed by atoms with Crippen molar-refractivity contribution in [2.75, 3.05) is 0 Å². The number of aromatic nitrogens is 2. The summed E-state index contributed by atoms with van der Waals surface area (Å²) in [7, 11) is -3.63. The molecule has 0 amide bonds. The smallest absolute Gasteiger partial charge is 0.256 e. The van der Waals surface area contributed by atoms with Gasteiger partial charge in [0.25, 0.3) is 0 Å². The molecule has 4 rings (SSSR count). The summed E-state index contributed by atoms with van der Waals surface area (Å²) in [5.74, 6) is -0.222. The summed E-state index contributed by atoms with van der Waals surface area (Å²) in [6.07, 6.45) is -1.50. The largest absolute Gasteiger partial charge is 0.416 e. The van der Waals surface area contributed by atoms with Crippen LogP contribution in [0.1, 0.15) is 10.6 Å². The number of benzene rings is 2. The van der Waals surface area contributed by atoms with Gasteiger partial charge in [-0.2, -0.15) is 13.2 Å². The van der Waals surface area contributed by atoms with E-state index in [1.807, 2.05) is 0 Å². The van der Waals surface area contributed by atoms with Crippen molar-refractivity contribution in [3.8, 4) is 11.1 Å². The van der Waals surface area contributed by atoms with Gasteiger partial charge in [-0.1, -0.05) is 23.7 Å². The van der Waals surface area contributed by atoms with E-state index in [9.17, 15) is 21.6 Å². The van der Waals surface area contributed by atoms with Crippen LogP contribution in [0, 0.1) is 0 Å². The first kappa shape index (κ1) is 20.8. The number of rotatable bonds is 4. The quantitative estimate of drug-likeness (QED) is 0.368. The second-order valence-corrected chi connectivity index (χ2v) is 9.79. The Morgan fingerprint density at radius 3 is 2.43 bits per heavy atom. The third-order valence-corrected chi connectivity index (χ3v) is 7.36. The lowest BCUT2D eigenvalue weighted by atomic mass is 10.00. The van der Waals surface area contributed by atoms with Gasteiger partial charge in [-0.3, -0.25) is 4.98 Å². The lowest BCUT2D eigenvalue weighted by molar-refractivity contribution is -0.137. The number of alkyl halides is 3. The summed E-state index contributed by atoms with van der Waals surface area (Å²) in [5, 5.41) is 2.70. The first-order chi connectivity index (χ1) is 14.1. The topological polar surface area (TPSA) is 59.9 Å². The number of nitrogens with zero attached hydrogens (tertiary/aromatic N) is 2. The summed E-state index contributed by atoms with van der Waals surface area (Å²) < 4.78 is 64.1. The molecule has 0 fully saturated rings. The number of thiazole rings is 1. The molecular formula is C20H12ClF3N2O2S2. The Morgan fingerprint density at radius 2 is 1.77 bits per heavy atom. The number of sulfone groups is 1. The lowest BCUT2D eigenvalue weighted by Gasteiger charge is -2.12. The molecule has 10 heteroatoms. The number of hydrogen-bond donors (Lipinski definition) is 0. The van der Waals surface area contributed by atoms with E-state index in [1.165, 1.54) is 41.9 Å². The van der Waals surface area contributed by atoms with Crippen molar-refractivity contribution in [1.29, 1.82) is 0 Å². The standard InChI is InChI=1S/C20H12ClF3N2O2S2/c21-17-9-12(20(22,23)24)1-3-15(17)14-5-6-25-18-10-13(2-4-16(14)18)30(27,28)11-19-26-7-8-29-19/h1-10H,11H2. The van der Waals surface area contributed by atoms with Crippen LogP contribution in [0.3, 0.4) is 0 Å². The first-order valence-corrected chi connectivity index (χ1v) is 11.4. The third kappa shape index (κ3) is 4.05. The summed E-state index contributed by atoms with van der Waals surface area (Å²) in [5.41, 5.74) is 0.506. The van der Waals surface area contributed by atoms with E-state index in [0.29, 0.717) is 27.0 Å². The fraction of sp³-hybridized carbons (Fsp3) is 0.100. The predicted octanol–water partition coefficient (Wildman–Crippen LogP) is 6.00. The van der Waals surface area contributed by atoms with Gasteiger partial charge >= 0.3 is 6.18 Å². The van der Waals surface area contributed by atoms with Gasteiger partial charge in [0.15, 0.2) is 9.84 Å².